The van der Waals surface area contributed by atoms with Crippen molar-refractivity contribution in [1.29, 1.82) is 0 Å². The Bertz CT molecular complexity index is 430. The third-order valence-electron chi connectivity index (χ3n) is 3.32. The number of hydrogen-bond acceptors (Lipinski definition) is 4. The second-order valence-corrected chi connectivity index (χ2v) is 4.82. The molecule has 1 aromatic carbocycles. The van der Waals surface area contributed by atoms with Crippen LogP contribution in [-0.2, 0) is 4.74 Å². The first kappa shape index (κ1) is 14.8. The molecule has 1 aliphatic heterocycles. The van der Waals surface area contributed by atoms with Crippen molar-refractivity contribution in [2.24, 2.45) is 0 Å². The van der Waals surface area contributed by atoms with E-state index in [4.69, 9.17) is 14.6 Å². The Hall–Kier alpha value is -1.59. The maximum absolute atomic E-state index is 11.0. The molecule has 1 aliphatic rings. The Labute approximate surface area is 118 Å². The zero-order valence-corrected chi connectivity index (χ0v) is 11.5. The van der Waals surface area contributed by atoms with Crippen LogP contribution in [0.2, 0.25) is 0 Å². The molecule has 1 unspecified atom stereocenters. The Balaban J connectivity index is 1.62. The first-order chi connectivity index (χ1) is 9.77. The summed E-state index contributed by atoms with van der Waals surface area (Å²) in [6.45, 7) is 2.94. The van der Waals surface area contributed by atoms with Gasteiger partial charge in [0.25, 0.3) is 0 Å². The van der Waals surface area contributed by atoms with Crippen LogP contribution in [-0.4, -0.2) is 43.5 Å². The Morgan fingerprint density at radius 1 is 1.40 bits per heavy atom. The number of aromatic carboxylic acids is 1. The third-order valence-corrected chi connectivity index (χ3v) is 3.32. The van der Waals surface area contributed by atoms with Gasteiger partial charge >= 0.3 is 5.97 Å². The molecule has 0 saturated carbocycles. The van der Waals surface area contributed by atoms with Crippen LogP contribution in [0.4, 0.5) is 0 Å². The predicted molar refractivity (Wildman–Crippen MR) is 75.4 cm³/mol. The molecule has 1 saturated heterocycles. The molecule has 1 fully saturated rings. The van der Waals surface area contributed by atoms with Crippen molar-refractivity contribution in [2.75, 3.05) is 26.3 Å². The van der Waals surface area contributed by atoms with E-state index in [2.05, 4.69) is 5.32 Å². The van der Waals surface area contributed by atoms with Crippen LogP contribution in [0.1, 0.15) is 29.6 Å². The topological polar surface area (TPSA) is 67.8 Å². The SMILES string of the molecule is O=C(O)c1ccccc1OCCNCCC1CCCO1. The second-order valence-electron chi connectivity index (χ2n) is 4.82. The van der Waals surface area contributed by atoms with Gasteiger partial charge in [-0.15, -0.1) is 0 Å². The standard InChI is InChI=1S/C15H21NO4/c17-15(18)13-5-1-2-6-14(13)20-11-9-16-8-7-12-4-3-10-19-12/h1-2,5-6,12,16H,3-4,7-11H2,(H,17,18). The molecule has 0 aromatic heterocycles. The van der Waals surface area contributed by atoms with E-state index in [-0.39, 0.29) is 5.56 Å². The molecule has 2 rings (SSSR count). The van der Waals surface area contributed by atoms with E-state index in [1.165, 1.54) is 6.42 Å². The number of carboxylic acid groups (broad SMARTS) is 1. The summed E-state index contributed by atoms with van der Waals surface area (Å²) in [6, 6.07) is 6.68. The highest BCUT2D eigenvalue weighted by molar-refractivity contribution is 5.90. The smallest absolute Gasteiger partial charge is 0.339 e. The minimum Gasteiger partial charge on any atom is -0.491 e. The average Bonchev–Trinajstić information content (AvgIpc) is 2.96. The highest BCUT2D eigenvalue weighted by Gasteiger charge is 2.14. The van der Waals surface area contributed by atoms with Crippen LogP contribution >= 0.6 is 0 Å². The van der Waals surface area contributed by atoms with Crippen LogP contribution in [0.15, 0.2) is 24.3 Å². The fourth-order valence-corrected chi connectivity index (χ4v) is 2.26. The van der Waals surface area contributed by atoms with Gasteiger partial charge in [0, 0.05) is 13.2 Å². The van der Waals surface area contributed by atoms with E-state index in [0.29, 0.717) is 25.0 Å². The first-order valence-electron chi connectivity index (χ1n) is 7.05. The highest BCUT2D eigenvalue weighted by Crippen LogP contribution is 2.17. The van der Waals surface area contributed by atoms with Crippen LogP contribution < -0.4 is 10.1 Å². The van der Waals surface area contributed by atoms with Crippen molar-refractivity contribution in [2.45, 2.75) is 25.4 Å². The van der Waals surface area contributed by atoms with Crippen LogP contribution in [0.3, 0.4) is 0 Å². The lowest BCUT2D eigenvalue weighted by molar-refractivity contribution is 0.0692. The maximum atomic E-state index is 11.0. The summed E-state index contributed by atoms with van der Waals surface area (Å²) in [6.07, 6.45) is 3.74. The number of para-hydroxylation sites is 1. The fourth-order valence-electron chi connectivity index (χ4n) is 2.26. The number of ether oxygens (including phenoxy) is 2. The minimum atomic E-state index is -0.966. The molecule has 0 bridgehead atoms. The molecule has 1 aromatic rings. The molecular weight excluding hydrogens is 258 g/mol. The lowest BCUT2D eigenvalue weighted by Crippen LogP contribution is -2.25. The average molecular weight is 279 g/mol. The predicted octanol–water partition coefficient (Wildman–Crippen LogP) is 1.92. The molecule has 20 heavy (non-hydrogen) atoms. The van der Waals surface area contributed by atoms with Crippen LogP contribution in [0.5, 0.6) is 5.75 Å². The van der Waals surface area contributed by atoms with Crippen LogP contribution in [0.25, 0.3) is 0 Å². The molecule has 0 aliphatic carbocycles. The number of carbonyl (C=O) groups is 1. The molecule has 0 amide bonds. The minimum absolute atomic E-state index is 0.201. The van der Waals surface area contributed by atoms with Gasteiger partial charge in [0.1, 0.15) is 17.9 Å². The summed E-state index contributed by atoms with van der Waals surface area (Å²) < 4.78 is 11.0. The number of carboxylic acids is 1. The summed E-state index contributed by atoms with van der Waals surface area (Å²) in [7, 11) is 0. The first-order valence-corrected chi connectivity index (χ1v) is 7.05. The molecule has 5 nitrogen and oxygen atoms in total. The van der Waals surface area contributed by atoms with Gasteiger partial charge in [0.2, 0.25) is 0 Å². The van der Waals surface area contributed by atoms with Crippen molar-refractivity contribution >= 4 is 5.97 Å². The van der Waals surface area contributed by atoms with E-state index in [0.717, 1.165) is 26.0 Å². The molecule has 110 valence electrons. The zero-order chi connectivity index (χ0) is 14.2. The van der Waals surface area contributed by atoms with Gasteiger partial charge in [-0.2, -0.15) is 0 Å². The summed E-state index contributed by atoms with van der Waals surface area (Å²) in [5.74, 6) is -0.548. The fraction of sp³-hybridized carbons (Fsp3) is 0.533. The molecule has 1 heterocycles. The lowest BCUT2D eigenvalue weighted by Gasteiger charge is -2.11. The summed E-state index contributed by atoms with van der Waals surface area (Å²) >= 11 is 0. The maximum Gasteiger partial charge on any atom is 0.339 e. The molecular formula is C15H21NO4. The molecule has 2 N–H and O–H groups in total. The van der Waals surface area contributed by atoms with Gasteiger partial charge in [0.15, 0.2) is 0 Å². The van der Waals surface area contributed by atoms with Crippen molar-refractivity contribution in [1.82, 2.24) is 5.32 Å². The van der Waals surface area contributed by atoms with Gasteiger partial charge in [-0.3, -0.25) is 0 Å². The van der Waals surface area contributed by atoms with E-state index in [9.17, 15) is 4.79 Å². The van der Waals surface area contributed by atoms with Gasteiger partial charge in [-0.1, -0.05) is 12.1 Å². The van der Waals surface area contributed by atoms with E-state index < -0.39 is 5.97 Å². The number of hydrogen-bond donors (Lipinski definition) is 2. The Morgan fingerprint density at radius 2 is 2.25 bits per heavy atom. The van der Waals surface area contributed by atoms with E-state index >= 15 is 0 Å². The van der Waals surface area contributed by atoms with Gasteiger partial charge in [-0.25, -0.2) is 4.79 Å². The lowest BCUT2D eigenvalue weighted by atomic mass is 10.2. The summed E-state index contributed by atoms with van der Waals surface area (Å²) in [5, 5.41) is 12.3. The van der Waals surface area contributed by atoms with E-state index in [1.807, 2.05) is 0 Å². The molecule has 0 radical (unpaired) electrons. The Kier molecular flexibility index (Phi) is 5.83. The largest absolute Gasteiger partial charge is 0.491 e. The number of rotatable bonds is 8. The Morgan fingerprint density at radius 3 is 3.00 bits per heavy atom. The van der Waals surface area contributed by atoms with Gasteiger partial charge in [-0.05, 0) is 37.9 Å². The van der Waals surface area contributed by atoms with Gasteiger partial charge in [0.05, 0.1) is 6.10 Å². The number of nitrogens with one attached hydrogen (secondary N) is 1. The zero-order valence-electron chi connectivity index (χ0n) is 11.5. The monoisotopic (exact) mass is 279 g/mol. The van der Waals surface area contributed by atoms with Gasteiger partial charge < -0.3 is 19.9 Å². The van der Waals surface area contributed by atoms with E-state index in [1.54, 1.807) is 24.3 Å². The molecule has 1 atom stereocenters. The van der Waals surface area contributed by atoms with Crippen molar-refractivity contribution in [3.63, 3.8) is 0 Å². The normalized spacial score (nSPS) is 18.1. The van der Waals surface area contributed by atoms with Crippen molar-refractivity contribution in [3.05, 3.63) is 29.8 Å². The quantitative estimate of drug-likeness (QED) is 0.712. The summed E-state index contributed by atoms with van der Waals surface area (Å²) in [4.78, 5) is 11.0. The summed E-state index contributed by atoms with van der Waals surface area (Å²) in [5.41, 5.74) is 0.201. The second kappa shape index (κ2) is 7.87. The number of benzene rings is 1. The molecule has 5 heteroatoms. The van der Waals surface area contributed by atoms with Crippen molar-refractivity contribution < 1.29 is 19.4 Å². The highest BCUT2D eigenvalue weighted by atomic mass is 16.5. The van der Waals surface area contributed by atoms with Crippen LogP contribution in [0, 0.1) is 0 Å². The molecule has 0 spiro atoms. The third kappa shape index (κ3) is 4.51. The van der Waals surface area contributed by atoms with Crippen molar-refractivity contribution in [3.8, 4) is 5.75 Å².